The fraction of sp³-hybridized carbons (Fsp3) is 0.222. The summed E-state index contributed by atoms with van der Waals surface area (Å²) in [5, 5.41) is 9.32. The Morgan fingerprint density at radius 2 is 2.08 bits per heavy atom. The van der Waals surface area contributed by atoms with Gasteiger partial charge in [0.15, 0.2) is 5.78 Å². The van der Waals surface area contributed by atoms with E-state index in [9.17, 15) is 9.90 Å². The van der Waals surface area contributed by atoms with Crippen LogP contribution in [0.1, 0.15) is 22.8 Å². The van der Waals surface area contributed by atoms with E-state index in [4.69, 9.17) is 0 Å². The third kappa shape index (κ3) is 1.60. The number of phenols is 1. The molecule has 2 nitrogen and oxygen atoms in total. The fourth-order valence-electron chi connectivity index (χ4n) is 1.10. The van der Waals surface area contributed by atoms with Crippen LogP contribution in [0.25, 0.3) is 0 Å². The first-order chi connectivity index (χ1) is 5.54. The van der Waals surface area contributed by atoms with E-state index in [1.54, 1.807) is 19.1 Å². The molecule has 1 aromatic carbocycles. The molecule has 0 aliphatic heterocycles. The van der Waals surface area contributed by atoms with Crippen molar-refractivity contribution in [1.29, 1.82) is 0 Å². The van der Waals surface area contributed by atoms with Crippen molar-refractivity contribution in [3.8, 4) is 5.75 Å². The zero-order valence-corrected chi connectivity index (χ0v) is 9.05. The predicted molar refractivity (Wildman–Crippen MR) is 55.6 cm³/mol. The molecule has 0 aliphatic carbocycles. The Bertz CT molecular complexity index is 332. The van der Waals surface area contributed by atoms with Gasteiger partial charge in [0, 0.05) is 14.7 Å². The highest BCUT2D eigenvalue weighted by Crippen LogP contribution is 2.24. The topological polar surface area (TPSA) is 37.3 Å². The smallest absolute Gasteiger partial charge is 0.161 e. The zero-order chi connectivity index (χ0) is 9.30. The van der Waals surface area contributed by atoms with Crippen LogP contribution in [0, 0.1) is 10.5 Å². The van der Waals surface area contributed by atoms with Gasteiger partial charge in [-0.25, -0.2) is 0 Å². The van der Waals surface area contributed by atoms with Crippen LogP contribution in [0.4, 0.5) is 0 Å². The molecule has 64 valence electrons. The second-order valence-corrected chi connectivity index (χ2v) is 3.78. The van der Waals surface area contributed by atoms with Crippen molar-refractivity contribution in [2.24, 2.45) is 0 Å². The number of hydrogen-bond donors (Lipinski definition) is 1. The minimum atomic E-state index is -0.00667. The van der Waals surface area contributed by atoms with Gasteiger partial charge in [0.2, 0.25) is 0 Å². The fourth-order valence-corrected chi connectivity index (χ4v) is 2.06. The summed E-state index contributed by atoms with van der Waals surface area (Å²) in [5.74, 6) is 0.174. The maximum atomic E-state index is 11.1. The monoisotopic (exact) mass is 276 g/mol. The molecule has 1 aromatic rings. The van der Waals surface area contributed by atoms with E-state index < -0.39 is 0 Å². The van der Waals surface area contributed by atoms with Crippen LogP contribution in [0.5, 0.6) is 5.75 Å². The SMILES string of the molecule is CC(=O)c1c(I)ccc(O)c1C. The minimum Gasteiger partial charge on any atom is -0.508 e. The lowest BCUT2D eigenvalue weighted by atomic mass is 10.1. The van der Waals surface area contributed by atoms with Crippen molar-refractivity contribution in [2.45, 2.75) is 13.8 Å². The highest BCUT2D eigenvalue weighted by Gasteiger charge is 2.10. The van der Waals surface area contributed by atoms with Crippen LogP contribution < -0.4 is 0 Å². The van der Waals surface area contributed by atoms with Crippen molar-refractivity contribution < 1.29 is 9.90 Å². The molecule has 0 aliphatic rings. The van der Waals surface area contributed by atoms with Gasteiger partial charge in [-0.15, -0.1) is 0 Å². The summed E-state index contributed by atoms with van der Waals surface area (Å²) in [6.45, 7) is 3.25. The molecule has 0 aromatic heterocycles. The molecule has 0 unspecified atom stereocenters. The van der Waals surface area contributed by atoms with E-state index in [0.717, 1.165) is 3.57 Å². The van der Waals surface area contributed by atoms with Crippen molar-refractivity contribution in [2.75, 3.05) is 0 Å². The van der Waals surface area contributed by atoms with Crippen LogP contribution in [0.15, 0.2) is 12.1 Å². The third-order valence-corrected chi connectivity index (χ3v) is 2.64. The lowest BCUT2D eigenvalue weighted by Gasteiger charge is -2.05. The Balaban J connectivity index is 3.43. The van der Waals surface area contributed by atoms with Crippen molar-refractivity contribution in [3.05, 3.63) is 26.8 Å². The zero-order valence-electron chi connectivity index (χ0n) is 6.89. The molecule has 0 saturated heterocycles. The molecular weight excluding hydrogens is 267 g/mol. The van der Waals surface area contributed by atoms with Gasteiger partial charge in [-0.1, -0.05) is 0 Å². The number of benzene rings is 1. The number of halogens is 1. The van der Waals surface area contributed by atoms with Gasteiger partial charge >= 0.3 is 0 Å². The summed E-state index contributed by atoms with van der Waals surface area (Å²) < 4.78 is 0.885. The molecule has 0 bridgehead atoms. The van der Waals surface area contributed by atoms with Gasteiger partial charge in [-0.3, -0.25) is 4.79 Å². The first kappa shape index (κ1) is 9.51. The number of aromatic hydroxyl groups is 1. The van der Waals surface area contributed by atoms with E-state index in [2.05, 4.69) is 22.6 Å². The van der Waals surface area contributed by atoms with Crippen LogP contribution >= 0.6 is 22.6 Å². The Morgan fingerprint density at radius 3 is 2.50 bits per heavy atom. The van der Waals surface area contributed by atoms with Crippen molar-refractivity contribution >= 4 is 28.4 Å². The van der Waals surface area contributed by atoms with Crippen LogP contribution in [-0.4, -0.2) is 10.9 Å². The van der Waals surface area contributed by atoms with Gasteiger partial charge in [0.05, 0.1) is 0 Å². The Kier molecular flexibility index (Phi) is 2.72. The quantitative estimate of drug-likeness (QED) is 0.632. The average Bonchev–Trinajstić information content (AvgIpc) is 1.97. The third-order valence-electron chi connectivity index (χ3n) is 1.74. The standard InChI is InChI=1S/C9H9IO2/c1-5-8(12)4-3-7(10)9(5)6(2)11/h3-4,12H,1-2H3. The maximum Gasteiger partial charge on any atom is 0.161 e. The number of phenolic OH excluding ortho intramolecular Hbond substituents is 1. The number of Topliss-reactive ketones (excluding diaryl/α,β-unsaturated/α-hetero) is 1. The number of rotatable bonds is 1. The molecule has 1 N–H and O–H groups in total. The van der Waals surface area contributed by atoms with Gasteiger partial charge in [-0.05, 0) is 48.6 Å². The Morgan fingerprint density at radius 1 is 1.50 bits per heavy atom. The minimum absolute atomic E-state index is 0.00667. The number of ketones is 1. The molecule has 0 saturated carbocycles. The average molecular weight is 276 g/mol. The first-order valence-corrected chi connectivity index (χ1v) is 4.61. The Hall–Kier alpha value is -0.580. The maximum absolute atomic E-state index is 11.1. The van der Waals surface area contributed by atoms with E-state index in [-0.39, 0.29) is 11.5 Å². The highest BCUT2D eigenvalue weighted by molar-refractivity contribution is 14.1. The van der Waals surface area contributed by atoms with E-state index >= 15 is 0 Å². The number of hydrogen-bond acceptors (Lipinski definition) is 2. The molecule has 0 amide bonds. The summed E-state index contributed by atoms with van der Waals surface area (Å²) >= 11 is 2.09. The summed E-state index contributed by atoms with van der Waals surface area (Å²) in [4.78, 5) is 11.1. The molecular formula is C9H9IO2. The molecule has 0 heterocycles. The molecule has 0 radical (unpaired) electrons. The first-order valence-electron chi connectivity index (χ1n) is 3.53. The molecule has 0 atom stereocenters. The van der Waals surface area contributed by atoms with Gasteiger partial charge in [-0.2, -0.15) is 0 Å². The molecule has 12 heavy (non-hydrogen) atoms. The summed E-state index contributed by atoms with van der Waals surface area (Å²) in [7, 11) is 0. The highest BCUT2D eigenvalue weighted by atomic mass is 127. The van der Waals surface area contributed by atoms with Crippen molar-refractivity contribution in [3.63, 3.8) is 0 Å². The van der Waals surface area contributed by atoms with Crippen LogP contribution in [-0.2, 0) is 0 Å². The lowest BCUT2D eigenvalue weighted by Crippen LogP contribution is -1.99. The van der Waals surface area contributed by atoms with Gasteiger partial charge in [0.25, 0.3) is 0 Å². The van der Waals surface area contributed by atoms with Crippen molar-refractivity contribution in [1.82, 2.24) is 0 Å². The molecule has 3 heteroatoms. The molecule has 0 fully saturated rings. The van der Waals surface area contributed by atoms with Gasteiger partial charge in [0.1, 0.15) is 5.75 Å². The van der Waals surface area contributed by atoms with E-state index in [1.165, 1.54) is 6.92 Å². The number of carbonyl (C=O) groups excluding carboxylic acids is 1. The van der Waals surface area contributed by atoms with Crippen LogP contribution in [0.2, 0.25) is 0 Å². The largest absolute Gasteiger partial charge is 0.508 e. The van der Waals surface area contributed by atoms with Crippen LogP contribution in [0.3, 0.4) is 0 Å². The second kappa shape index (κ2) is 3.43. The van der Waals surface area contributed by atoms with E-state index in [0.29, 0.717) is 11.1 Å². The summed E-state index contributed by atoms with van der Waals surface area (Å²) in [5.41, 5.74) is 1.28. The Labute approximate surface area is 84.7 Å². The normalized spacial score (nSPS) is 9.92. The predicted octanol–water partition coefficient (Wildman–Crippen LogP) is 2.51. The summed E-state index contributed by atoms with van der Waals surface area (Å²) in [6, 6.07) is 3.34. The second-order valence-electron chi connectivity index (χ2n) is 2.62. The molecule has 0 spiro atoms. The van der Waals surface area contributed by atoms with Gasteiger partial charge < -0.3 is 5.11 Å². The lowest BCUT2D eigenvalue weighted by molar-refractivity contribution is 0.101. The van der Waals surface area contributed by atoms with E-state index in [1.807, 2.05) is 0 Å². The summed E-state index contributed by atoms with van der Waals surface area (Å²) in [6.07, 6.45) is 0. The molecule has 1 rings (SSSR count). The number of carbonyl (C=O) groups is 1.